The van der Waals surface area contributed by atoms with Gasteiger partial charge in [-0.05, 0) is 37.6 Å². The second-order valence-electron chi connectivity index (χ2n) is 7.16. The first-order chi connectivity index (χ1) is 10.1. The van der Waals surface area contributed by atoms with Crippen molar-refractivity contribution in [2.75, 3.05) is 6.61 Å². The van der Waals surface area contributed by atoms with Crippen LogP contribution < -0.4 is 0 Å². The number of pyridine rings is 1. The van der Waals surface area contributed by atoms with Crippen molar-refractivity contribution < 1.29 is 14.6 Å². The number of aliphatic hydroxyl groups excluding tert-OH is 1. The van der Waals surface area contributed by atoms with E-state index in [4.69, 9.17) is 10.00 Å². The van der Waals surface area contributed by atoms with Gasteiger partial charge in [-0.2, -0.15) is 5.26 Å². The first-order valence-corrected chi connectivity index (χ1v) is 11.0. The molecule has 0 spiro atoms. The number of carbonyl (C=O) groups excluding carboxylic acids is 1. The molecule has 0 saturated carbocycles. The standard InChI is InChI=1S/C16H24N2O3Si/c1-16(2,15(20)21-8-9-22(3,4)5)14(19)12-6-7-18-13(10-12)11-17/h6-7,10,14,19H,8-9H2,1-5H3. The lowest BCUT2D eigenvalue weighted by atomic mass is 9.83. The smallest absolute Gasteiger partial charge is 0.314 e. The van der Waals surface area contributed by atoms with Crippen LogP contribution in [0.3, 0.4) is 0 Å². The first-order valence-electron chi connectivity index (χ1n) is 7.29. The van der Waals surface area contributed by atoms with Gasteiger partial charge in [0, 0.05) is 14.3 Å². The van der Waals surface area contributed by atoms with Crippen LogP contribution in [0.1, 0.15) is 31.2 Å². The van der Waals surface area contributed by atoms with Crippen molar-refractivity contribution in [3.05, 3.63) is 29.6 Å². The van der Waals surface area contributed by atoms with Gasteiger partial charge in [0.25, 0.3) is 0 Å². The number of hydrogen-bond donors (Lipinski definition) is 1. The summed E-state index contributed by atoms with van der Waals surface area (Å²) in [5, 5.41) is 19.3. The normalized spacial score (nSPS) is 13.3. The molecule has 6 heteroatoms. The maximum absolute atomic E-state index is 12.3. The summed E-state index contributed by atoms with van der Waals surface area (Å²) >= 11 is 0. The lowest BCUT2D eigenvalue weighted by molar-refractivity contribution is -0.160. The van der Waals surface area contributed by atoms with E-state index in [0.29, 0.717) is 12.2 Å². The summed E-state index contributed by atoms with van der Waals surface area (Å²) in [6, 6.07) is 5.90. The SMILES string of the molecule is CC(C)(C(=O)OCC[Si](C)(C)C)C(O)c1ccnc(C#N)c1. The molecule has 0 saturated heterocycles. The second kappa shape index (κ2) is 7.03. The van der Waals surface area contributed by atoms with Gasteiger partial charge in [0.05, 0.1) is 18.1 Å². The minimum absolute atomic E-state index is 0.208. The van der Waals surface area contributed by atoms with Crippen molar-refractivity contribution in [3.8, 4) is 6.07 Å². The predicted octanol–water partition coefficient (Wildman–Crippen LogP) is 2.89. The van der Waals surface area contributed by atoms with E-state index in [1.54, 1.807) is 19.9 Å². The van der Waals surface area contributed by atoms with E-state index in [2.05, 4.69) is 24.6 Å². The van der Waals surface area contributed by atoms with Crippen LogP contribution in [0, 0.1) is 16.7 Å². The third-order valence-corrected chi connectivity index (χ3v) is 5.21. The fourth-order valence-corrected chi connectivity index (χ4v) is 2.56. The van der Waals surface area contributed by atoms with Crippen LogP contribution in [0.5, 0.6) is 0 Å². The van der Waals surface area contributed by atoms with Gasteiger partial charge < -0.3 is 9.84 Å². The molecule has 1 heterocycles. The molecule has 1 aromatic heterocycles. The summed E-state index contributed by atoms with van der Waals surface area (Å²) in [4.78, 5) is 16.1. The van der Waals surface area contributed by atoms with Crippen LogP contribution in [-0.2, 0) is 9.53 Å². The van der Waals surface area contributed by atoms with Crippen LogP contribution in [0.4, 0.5) is 0 Å². The molecular formula is C16H24N2O3Si. The van der Waals surface area contributed by atoms with Crippen LogP contribution in [0.15, 0.2) is 18.3 Å². The third kappa shape index (κ3) is 4.93. The van der Waals surface area contributed by atoms with Crippen molar-refractivity contribution >= 4 is 14.0 Å². The Kier molecular flexibility index (Phi) is 5.86. The van der Waals surface area contributed by atoms with Gasteiger partial charge in [0.1, 0.15) is 11.8 Å². The molecule has 1 atom stereocenters. The van der Waals surface area contributed by atoms with Crippen LogP contribution >= 0.6 is 0 Å². The number of aromatic nitrogens is 1. The summed E-state index contributed by atoms with van der Waals surface area (Å²) in [5.41, 5.74) is -0.397. The molecule has 22 heavy (non-hydrogen) atoms. The lowest BCUT2D eigenvalue weighted by Crippen LogP contribution is -2.34. The summed E-state index contributed by atoms with van der Waals surface area (Å²) in [6.07, 6.45) is 0.394. The molecular weight excluding hydrogens is 296 g/mol. The van der Waals surface area contributed by atoms with Crippen molar-refractivity contribution in [1.82, 2.24) is 4.98 Å². The van der Waals surface area contributed by atoms with E-state index in [1.165, 1.54) is 12.3 Å². The zero-order chi connectivity index (χ0) is 17.0. The molecule has 5 nitrogen and oxygen atoms in total. The number of nitrogens with zero attached hydrogens (tertiary/aromatic N) is 2. The summed E-state index contributed by atoms with van der Waals surface area (Å²) in [5.74, 6) is -0.437. The highest BCUT2D eigenvalue weighted by Gasteiger charge is 2.38. The summed E-state index contributed by atoms with van der Waals surface area (Å²) in [6.45, 7) is 10.3. The zero-order valence-corrected chi connectivity index (χ0v) is 14.9. The molecule has 0 radical (unpaired) electrons. The Morgan fingerprint density at radius 1 is 1.50 bits per heavy atom. The van der Waals surface area contributed by atoms with Crippen molar-refractivity contribution in [2.24, 2.45) is 5.41 Å². The average molecular weight is 320 g/mol. The molecule has 1 N–H and O–H groups in total. The molecule has 1 aromatic rings. The number of nitriles is 1. The third-order valence-electron chi connectivity index (χ3n) is 3.51. The van der Waals surface area contributed by atoms with Crippen molar-refractivity contribution in [2.45, 2.75) is 45.6 Å². The summed E-state index contributed by atoms with van der Waals surface area (Å²) in [7, 11) is -1.27. The lowest BCUT2D eigenvalue weighted by Gasteiger charge is -2.29. The fourth-order valence-electron chi connectivity index (χ4n) is 1.84. The van der Waals surface area contributed by atoms with Gasteiger partial charge in [-0.3, -0.25) is 4.79 Å². The largest absolute Gasteiger partial charge is 0.466 e. The highest BCUT2D eigenvalue weighted by molar-refractivity contribution is 6.76. The molecule has 120 valence electrons. The maximum atomic E-state index is 12.3. The van der Waals surface area contributed by atoms with Crippen LogP contribution in [0.2, 0.25) is 25.7 Å². The Balaban J connectivity index is 2.79. The maximum Gasteiger partial charge on any atom is 0.314 e. The monoisotopic (exact) mass is 320 g/mol. The van der Waals surface area contributed by atoms with Gasteiger partial charge in [-0.25, -0.2) is 4.98 Å². The topological polar surface area (TPSA) is 83.2 Å². The zero-order valence-electron chi connectivity index (χ0n) is 13.9. The van der Waals surface area contributed by atoms with Crippen LogP contribution in [-0.4, -0.2) is 30.7 Å². The quantitative estimate of drug-likeness (QED) is 0.643. The minimum atomic E-state index is -1.27. The Morgan fingerprint density at radius 3 is 2.68 bits per heavy atom. The van der Waals surface area contributed by atoms with E-state index < -0.39 is 25.6 Å². The molecule has 0 aliphatic rings. The number of aliphatic hydroxyl groups is 1. The van der Waals surface area contributed by atoms with E-state index >= 15 is 0 Å². The van der Waals surface area contributed by atoms with Gasteiger partial charge in [-0.15, -0.1) is 0 Å². The summed E-state index contributed by atoms with van der Waals surface area (Å²) < 4.78 is 5.34. The molecule has 0 aliphatic heterocycles. The molecule has 0 aromatic carbocycles. The predicted molar refractivity (Wildman–Crippen MR) is 86.8 cm³/mol. The van der Waals surface area contributed by atoms with Crippen molar-refractivity contribution in [3.63, 3.8) is 0 Å². The van der Waals surface area contributed by atoms with Gasteiger partial charge in [-0.1, -0.05) is 19.6 Å². The highest BCUT2D eigenvalue weighted by Crippen LogP contribution is 2.34. The van der Waals surface area contributed by atoms with E-state index in [9.17, 15) is 9.90 Å². The number of esters is 1. The number of hydrogen-bond acceptors (Lipinski definition) is 5. The fraction of sp³-hybridized carbons (Fsp3) is 0.562. The highest BCUT2D eigenvalue weighted by atomic mass is 28.3. The molecule has 0 bridgehead atoms. The van der Waals surface area contributed by atoms with E-state index in [0.717, 1.165) is 6.04 Å². The number of carbonyl (C=O) groups is 1. The van der Waals surface area contributed by atoms with Crippen molar-refractivity contribution in [1.29, 1.82) is 5.26 Å². The van der Waals surface area contributed by atoms with Gasteiger partial charge in [0.15, 0.2) is 0 Å². The first kappa shape index (κ1) is 18.3. The molecule has 1 unspecified atom stereocenters. The second-order valence-corrected chi connectivity index (χ2v) is 12.8. The van der Waals surface area contributed by atoms with E-state index in [-0.39, 0.29) is 5.69 Å². The van der Waals surface area contributed by atoms with Gasteiger partial charge in [0.2, 0.25) is 0 Å². The molecule has 1 rings (SSSR count). The Bertz CT molecular complexity index is 573. The minimum Gasteiger partial charge on any atom is -0.466 e. The average Bonchev–Trinajstić information content (AvgIpc) is 2.44. The number of ether oxygens (including phenoxy) is 1. The van der Waals surface area contributed by atoms with Gasteiger partial charge >= 0.3 is 5.97 Å². The van der Waals surface area contributed by atoms with E-state index in [1.807, 2.05) is 6.07 Å². The Hall–Kier alpha value is -1.71. The van der Waals surface area contributed by atoms with Crippen LogP contribution in [0.25, 0.3) is 0 Å². The molecule has 0 fully saturated rings. The number of rotatable bonds is 6. The molecule has 0 amide bonds. The Labute approximate surface area is 133 Å². The Morgan fingerprint density at radius 2 is 2.14 bits per heavy atom. The molecule has 0 aliphatic carbocycles.